The van der Waals surface area contributed by atoms with Gasteiger partial charge in [-0.15, -0.1) is 22.7 Å². The van der Waals surface area contributed by atoms with Crippen molar-refractivity contribution in [3.05, 3.63) is 43.2 Å². The molecule has 102 valence electrons. The maximum absolute atomic E-state index is 11.8. The molecule has 0 aromatic carbocycles. The maximum Gasteiger partial charge on any atom is 0.232 e. The zero-order valence-electron chi connectivity index (χ0n) is 9.93. The van der Waals surface area contributed by atoms with Crippen LogP contribution in [0.15, 0.2) is 32.7 Å². The van der Waals surface area contributed by atoms with Gasteiger partial charge < -0.3 is 5.32 Å². The van der Waals surface area contributed by atoms with Gasteiger partial charge in [-0.05, 0) is 44.4 Å². The molecule has 19 heavy (non-hydrogen) atoms. The van der Waals surface area contributed by atoms with E-state index in [-0.39, 0.29) is 11.7 Å². The molecule has 2 heterocycles. The van der Waals surface area contributed by atoms with Gasteiger partial charge in [0, 0.05) is 21.4 Å². The monoisotopic (exact) mass is 377 g/mol. The van der Waals surface area contributed by atoms with E-state index in [1.165, 1.54) is 0 Å². The topological polar surface area (TPSA) is 46.2 Å². The number of rotatable bonds is 6. The van der Waals surface area contributed by atoms with Crippen molar-refractivity contribution in [1.82, 2.24) is 5.32 Å². The molecule has 1 atom stereocenters. The van der Waals surface area contributed by atoms with Crippen molar-refractivity contribution in [2.75, 3.05) is 5.75 Å². The second-order valence-corrected chi connectivity index (χ2v) is 8.62. The third-order valence-electron chi connectivity index (χ3n) is 2.28. The molecule has 0 bridgehead atoms. The minimum Gasteiger partial charge on any atom is -0.350 e. The fourth-order valence-corrected chi connectivity index (χ4v) is 4.45. The van der Waals surface area contributed by atoms with Gasteiger partial charge in [-0.25, -0.2) is 0 Å². The Morgan fingerprint density at radius 1 is 1.42 bits per heavy atom. The number of amides is 1. The zero-order chi connectivity index (χ0) is 13.7. The van der Waals surface area contributed by atoms with Gasteiger partial charge in [0.15, 0.2) is 0 Å². The standard InChI is InChI=1S/C12H12BrNO2S3/c13-11-4-9(6-18-11)7-19(16)8-12(15)14-5-10-2-1-3-17-10/h1-4,6H,5,7-8H2,(H,14,15)/t19-/m0/s1. The normalized spacial score (nSPS) is 12.3. The molecule has 3 nitrogen and oxygen atoms in total. The quantitative estimate of drug-likeness (QED) is 0.840. The third kappa shape index (κ3) is 5.18. The van der Waals surface area contributed by atoms with Crippen molar-refractivity contribution in [2.45, 2.75) is 12.3 Å². The van der Waals surface area contributed by atoms with Crippen LogP contribution in [-0.2, 0) is 27.9 Å². The lowest BCUT2D eigenvalue weighted by Gasteiger charge is -2.03. The Labute approximate surface area is 130 Å². The average Bonchev–Trinajstić information content (AvgIpc) is 2.98. The number of thiophene rings is 2. The fourth-order valence-electron chi connectivity index (χ4n) is 1.45. The second-order valence-electron chi connectivity index (χ2n) is 3.84. The molecule has 0 saturated carbocycles. The first-order chi connectivity index (χ1) is 9.13. The number of carbonyl (C=O) groups is 1. The Bertz CT molecular complexity index is 565. The predicted octanol–water partition coefficient (Wildman–Crippen LogP) is 3.14. The highest BCUT2D eigenvalue weighted by atomic mass is 79.9. The van der Waals surface area contributed by atoms with Crippen LogP contribution in [0.25, 0.3) is 0 Å². The molecule has 2 aromatic heterocycles. The lowest BCUT2D eigenvalue weighted by molar-refractivity contribution is -0.118. The zero-order valence-corrected chi connectivity index (χ0v) is 14.0. The van der Waals surface area contributed by atoms with E-state index in [2.05, 4.69) is 21.2 Å². The molecular weight excluding hydrogens is 366 g/mol. The van der Waals surface area contributed by atoms with Crippen molar-refractivity contribution in [3.8, 4) is 0 Å². The van der Waals surface area contributed by atoms with Crippen LogP contribution in [0.5, 0.6) is 0 Å². The third-order valence-corrected chi connectivity index (χ3v) is 5.95. The van der Waals surface area contributed by atoms with E-state index in [0.29, 0.717) is 12.3 Å². The number of carbonyl (C=O) groups excluding carboxylic acids is 1. The minimum atomic E-state index is -1.16. The first-order valence-electron chi connectivity index (χ1n) is 5.50. The van der Waals surface area contributed by atoms with Crippen LogP contribution >= 0.6 is 38.6 Å². The molecule has 0 aliphatic rings. The average molecular weight is 378 g/mol. The lowest BCUT2D eigenvalue weighted by Crippen LogP contribution is -2.27. The molecule has 0 radical (unpaired) electrons. The number of halogens is 1. The molecule has 2 aromatic rings. The molecule has 1 N–H and O–H groups in total. The Kier molecular flexibility index (Phi) is 5.75. The highest BCUT2D eigenvalue weighted by Crippen LogP contribution is 2.21. The maximum atomic E-state index is 11.8. The van der Waals surface area contributed by atoms with Crippen LogP contribution in [0.2, 0.25) is 0 Å². The highest BCUT2D eigenvalue weighted by Gasteiger charge is 2.09. The summed E-state index contributed by atoms with van der Waals surface area (Å²) >= 11 is 6.51. The van der Waals surface area contributed by atoms with Gasteiger partial charge in [-0.3, -0.25) is 9.00 Å². The van der Waals surface area contributed by atoms with Gasteiger partial charge in [-0.1, -0.05) is 6.07 Å². The Morgan fingerprint density at radius 3 is 2.89 bits per heavy atom. The van der Waals surface area contributed by atoms with Crippen LogP contribution < -0.4 is 5.32 Å². The van der Waals surface area contributed by atoms with E-state index >= 15 is 0 Å². The van der Waals surface area contributed by atoms with Crippen LogP contribution in [0.3, 0.4) is 0 Å². The van der Waals surface area contributed by atoms with Gasteiger partial charge in [-0.2, -0.15) is 0 Å². The summed E-state index contributed by atoms with van der Waals surface area (Å²) in [5.74, 6) is 0.314. The number of nitrogens with one attached hydrogen (secondary N) is 1. The molecule has 2 rings (SSSR count). The van der Waals surface area contributed by atoms with E-state index in [4.69, 9.17) is 0 Å². The van der Waals surface area contributed by atoms with Crippen molar-refractivity contribution in [1.29, 1.82) is 0 Å². The number of hydrogen-bond donors (Lipinski definition) is 1. The summed E-state index contributed by atoms with van der Waals surface area (Å²) in [5.41, 5.74) is 1.00. The molecule has 0 unspecified atom stereocenters. The molecular formula is C12H12BrNO2S3. The van der Waals surface area contributed by atoms with Gasteiger partial charge in [0.1, 0.15) is 5.75 Å². The fraction of sp³-hybridized carbons (Fsp3) is 0.250. The van der Waals surface area contributed by atoms with Crippen LogP contribution in [0.4, 0.5) is 0 Å². The van der Waals surface area contributed by atoms with Gasteiger partial charge >= 0.3 is 0 Å². The van der Waals surface area contributed by atoms with Gasteiger partial charge in [0.2, 0.25) is 5.91 Å². The van der Waals surface area contributed by atoms with Crippen molar-refractivity contribution in [3.63, 3.8) is 0 Å². The molecule has 0 aliphatic heterocycles. The van der Waals surface area contributed by atoms with Crippen molar-refractivity contribution >= 4 is 55.3 Å². The molecule has 0 fully saturated rings. The molecule has 7 heteroatoms. The summed E-state index contributed by atoms with van der Waals surface area (Å²) in [6, 6.07) is 5.84. The summed E-state index contributed by atoms with van der Waals surface area (Å²) in [6.07, 6.45) is 0. The van der Waals surface area contributed by atoms with Gasteiger partial charge in [0.25, 0.3) is 0 Å². The van der Waals surface area contributed by atoms with E-state index in [1.807, 2.05) is 29.0 Å². The highest BCUT2D eigenvalue weighted by molar-refractivity contribution is 9.11. The Hall–Kier alpha value is -0.500. The van der Waals surface area contributed by atoms with Crippen molar-refractivity contribution < 1.29 is 9.00 Å². The summed E-state index contributed by atoms with van der Waals surface area (Å²) in [4.78, 5) is 12.7. The summed E-state index contributed by atoms with van der Waals surface area (Å²) in [6.45, 7) is 0.512. The second kappa shape index (κ2) is 7.33. The largest absolute Gasteiger partial charge is 0.350 e. The number of hydrogen-bond acceptors (Lipinski definition) is 4. The van der Waals surface area contributed by atoms with Crippen LogP contribution in [-0.4, -0.2) is 15.9 Å². The summed E-state index contributed by atoms with van der Waals surface area (Å²) in [5, 5.41) is 6.70. The minimum absolute atomic E-state index is 0.0544. The summed E-state index contributed by atoms with van der Waals surface area (Å²) in [7, 11) is -1.16. The molecule has 0 aliphatic carbocycles. The SMILES string of the molecule is O=C(C[S@@](=O)Cc1csc(Br)c1)NCc1cccs1. The van der Waals surface area contributed by atoms with Crippen LogP contribution in [0.1, 0.15) is 10.4 Å². The van der Waals surface area contributed by atoms with E-state index in [1.54, 1.807) is 22.7 Å². The molecule has 0 saturated heterocycles. The first kappa shape index (κ1) is 14.9. The first-order valence-corrected chi connectivity index (χ1v) is 9.54. The predicted molar refractivity (Wildman–Crippen MR) is 84.9 cm³/mol. The lowest BCUT2D eigenvalue weighted by atomic mass is 10.4. The van der Waals surface area contributed by atoms with Crippen LogP contribution in [0, 0.1) is 0 Å². The van der Waals surface area contributed by atoms with Gasteiger partial charge in [0.05, 0.1) is 10.3 Å². The van der Waals surface area contributed by atoms with E-state index < -0.39 is 10.8 Å². The summed E-state index contributed by atoms with van der Waals surface area (Å²) < 4.78 is 12.9. The van der Waals surface area contributed by atoms with Crippen molar-refractivity contribution in [2.24, 2.45) is 0 Å². The van der Waals surface area contributed by atoms with E-state index in [9.17, 15) is 9.00 Å². The Balaban J connectivity index is 1.74. The Morgan fingerprint density at radius 2 is 2.26 bits per heavy atom. The van der Waals surface area contributed by atoms with E-state index in [0.717, 1.165) is 14.2 Å². The smallest absolute Gasteiger partial charge is 0.232 e. The molecule has 1 amide bonds. The molecule has 0 spiro atoms.